The van der Waals surface area contributed by atoms with E-state index < -0.39 is 21.7 Å². The third-order valence-electron chi connectivity index (χ3n) is 4.45. The van der Waals surface area contributed by atoms with Crippen LogP contribution in [0.5, 0.6) is 5.75 Å². The van der Waals surface area contributed by atoms with Gasteiger partial charge in [0.1, 0.15) is 11.6 Å². The van der Waals surface area contributed by atoms with Crippen LogP contribution in [0.2, 0.25) is 0 Å². The Morgan fingerprint density at radius 1 is 1.03 bits per heavy atom. The standard InChI is InChI=1S/C22H21FN2O4S/c1-25(15-17-8-3-4-11-19(17)23)22(26)16-9-7-10-18(14-16)30(27,28)24-20-12-5-6-13-21(20)29-2/h3-14,24H,15H2,1-2H3. The van der Waals surface area contributed by atoms with Crippen LogP contribution in [0.1, 0.15) is 15.9 Å². The molecule has 0 spiro atoms. The van der Waals surface area contributed by atoms with Crippen LogP contribution in [0.4, 0.5) is 10.1 Å². The molecule has 0 fully saturated rings. The number of methoxy groups -OCH3 is 1. The van der Waals surface area contributed by atoms with Gasteiger partial charge in [-0.2, -0.15) is 0 Å². The average molecular weight is 428 g/mol. The Balaban J connectivity index is 1.82. The number of hydrogen-bond acceptors (Lipinski definition) is 4. The van der Waals surface area contributed by atoms with Gasteiger partial charge in [-0.25, -0.2) is 12.8 Å². The number of benzene rings is 3. The zero-order chi connectivity index (χ0) is 21.7. The van der Waals surface area contributed by atoms with Crippen molar-refractivity contribution in [3.05, 3.63) is 89.7 Å². The fraction of sp³-hybridized carbons (Fsp3) is 0.136. The molecule has 3 rings (SSSR count). The second-order valence-electron chi connectivity index (χ2n) is 6.59. The monoisotopic (exact) mass is 428 g/mol. The fourth-order valence-electron chi connectivity index (χ4n) is 2.90. The topological polar surface area (TPSA) is 75.7 Å². The first-order chi connectivity index (χ1) is 14.3. The number of amides is 1. The summed E-state index contributed by atoms with van der Waals surface area (Å²) in [5, 5.41) is 0. The first-order valence-electron chi connectivity index (χ1n) is 9.06. The van der Waals surface area contributed by atoms with E-state index in [9.17, 15) is 17.6 Å². The minimum atomic E-state index is -3.95. The highest BCUT2D eigenvalue weighted by atomic mass is 32.2. The van der Waals surface area contributed by atoms with Crippen LogP contribution in [0.25, 0.3) is 0 Å². The Kier molecular flexibility index (Phi) is 6.37. The zero-order valence-corrected chi connectivity index (χ0v) is 17.3. The SMILES string of the molecule is COc1ccccc1NS(=O)(=O)c1cccc(C(=O)N(C)Cc2ccccc2F)c1. The summed E-state index contributed by atoms with van der Waals surface area (Å²) < 4.78 is 47.1. The summed E-state index contributed by atoms with van der Waals surface area (Å²) in [4.78, 5) is 14.0. The molecule has 0 bridgehead atoms. The third-order valence-corrected chi connectivity index (χ3v) is 5.82. The lowest BCUT2D eigenvalue weighted by atomic mass is 10.1. The highest BCUT2D eigenvalue weighted by Gasteiger charge is 2.20. The minimum Gasteiger partial charge on any atom is -0.495 e. The van der Waals surface area contributed by atoms with Crippen LogP contribution < -0.4 is 9.46 Å². The molecule has 1 N–H and O–H groups in total. The van der Waals surface area contributed by atoms with Crippen molar-refractivity contribution in [2.24, 2.45) is 0 Å². The van der Waals surface area contributed by atoms with Crippen molar-refractivity contribution in [2.45, 2.75) is 11.4 Å². The Morgan fingerprint density at radius 3 is 2.47 bits per heavy atom. The molecule has 0 aliphatic rings. The van der Waals surface area contributed by atoms with E-state index in [1.807, 2.05) is 0 Å². The van der Waals surface area contributed by atoms with Crippen molar-refractivity contribution < 1.29 is 22.3 Å². The van der Waals surface area contributed by atoms with Gasteiger partial charge in [0, 0.05) is 24.7 Å². The van der Waals surface area contributed by atoms with E-state index in [0.717, 1.165) is 0 Å². The molecule has 3 aromatic carbocycles. The maximum absolute atomic E-state index is 13.9. The molecule has 0 aliphatic carbocycles. The number of rotatable bonds is 7. The molecule has 0 saturated carbocycles. The van der Waals surface area contributed by atoms with Crippen molar-refractivity contribution in [1.29, 1.82) is 0 Å². The number of carbonyl (C=O) groups is 1. The first kappa shape index (κ1) is 21.3. The molecule has 6 nitrogen and oxygen atoms in total. The van der Waals surface area contributed by atoms with Gasteiger partial charge < -0.3 is 9.64 Å². The van der Waals surface area contributed by atoms with Crippen LogP contribution in [0.15, 0.2) is 77.7 Å². The molecule has 0 aromatic heterocycles. The summed E-state index contributed by atoms with van der Waals surface area (Å²) in [5.41, 5.74) is 0.833. The number of para-hydroxylation sites is 2. The van der Waals surface area contributed by atoms with E-state index in [4.69, 9.17) is 4.74 Å². The van der Waals surface area contributed by atoms with Gasteiger partial charge >= 0.3 is 0 Å². The second kappa shape index (κ2) is 8.96. The maximum atomic E-state index is 13.9. The molecule has 1 amide bonds. The maximum Gasteiger partial charge on any atom is 0.262 e. The molecular weight excluding hydrogens is 407 g/mol. The van der Waals surface area contributed by atoms with Gasteiger partial charge in [0.05, 0.1) is 17.7 Å². The number of hydrogen-bond donors (Lipinski definition) is 1. The smallest absolute Gasteiger partial charge is 0.262 e. The number of nitrogens with zero attached hydrogens (tertiary/aromatic N) is 1. The first-order valence-corrected chi connectivity index (χ1v) is 10.5. The van der Waals surface area contributed by atoms with E-state index in [-0.39, 0.29) is 22.7 Å². The van der Waals surface area contributed by atoms with Crippen molar-refractivity contribution in [2.75, 3.05) is 18.9 Å². The van der Waals surface area contributed by atoms with Gasteiger partial charge in [-0.05, 0) is 36.4 Å². The van der Waals surface area contributed by atoms with Gasteiger partial charge in [-0.1, -0.05) is 36.4 Å². The van der Waals surface area contributed by atoms with Gasteiger partial charge in [0.15, 0.2) is 0 Å². The van der Waals surface area contributed by atoms with E-state index in [1.165, 1.54) is 49.4 Å². The summed E-state index contributed by atoms with van der Waals surface area (Å²) in [6.07, 6.45) is 0. The summed E-state index contributed by atoms with van der Waals surface area (Å²) in [6, 6.07) is 18.5. The quantitative estimate of drug-likeness (QED) is 0.619. The van der Waals surface area contributed by atoms with Crippen molar-refractivity contribution >= 4 is 21.6 Å². The molecule has 0 heterocycles. The Bertz CT molecular complexity index is 1170. The molecular formula is C22H21FN2O4S. The predicted octanol–water partition coefficient (Wildman–Crippen LogP) is 3.91. The highest BCUT2D eigenvalue weighted by Crippen LogP contribution is 2.26. The molecule has 156 valence electrons. The third kappa shape index (κ3) is 4.77. The number of halogens is 1. The van der Waals surface area contributed by atoms with Crippen LogP contribution in [0, 0.1) is 5.82 Å². The molecule has 8 heteroatoms. The molecule has 0 atom stereocenters. The van der Waals surface area contributed by atoms with Crippen molar-refractivity contribution in [1.82, 2.24) is 4.90 Å². The number of nitrogens with one attached hydrogen (secondary N) is 1. The molecule has 30 heavy (non-hydrogen) atoms. The van der Waals surface area contributed by atoms with Gasteiger partial charge in [0.25, 0.3) is 15.9 Å². The van der Waals surface area contributed by atoms with Gasteiger partial charge in [0.2, 0.25) is 0 Å². The van der Waals surface area contributed by atoms with Gasteiger partial charge in [-0.15, -0.1) is 0 Å². The number of anilines is 1. The highest BCUT2D eigenvalue weighted by molar-refractivity contribution is 7.92. The Hall–Kier alpha value is -3.39. The van der Waals surface area contributed by atoms with Crippen LogP contribution in [-0.2, 0) is 16.6 Å². The minimum absolute atomic E-state index is 0.0575. The average Bonchev–Trinajstić information content (AvgIpc) is 2.75. The lowest BCUT2D eigenvalue weighted by Gasteiger charge is -2.18. The number of ether oxygens (including phenoxy) is 1. The van der Waals surface area contributed by atoms with E-state index in [0.29, 0.717) is 11.3 Å². The summed E-state index contributed by atoms with van der Waals surface area (Å²) in [7, 11) is -0.981. The molecule has 0 radical (unpaired) electrons. The summed E-state index contributed by atoms with van der Waals surface area (Å²) >= 11 is 0. The molecule has 0 unspecified atom stereocenters. The molecule has 0 saturated heterocycles. The lowest BCUT2D eigenvalue weighted by molar-refractivity contribution is 0.0783. The Labute approximate surface area is 175 Å². The van der Waals surface area contributed by atoms with E-state index in [1.54, 1.807) is 42.5 Å². The van der Waals surface area contributed by atoms with Crippen LogP contribution >= 0.6 is 0 Å². The number of carbonyl (C=O) groups excluding carboxylic acids is 1. The summed E-state index contributed by atoms with van der Waals surface area (Å²) in [5.74, 6) is -0.458. The number of sulfonamides is 1. The lowest BCUT2D eigenvalue weighted by Crippen LogP contribution is -2.27. The van der Waals surface area contributed by atoms with Crippen LogP contribution in [-0.4, -0.2) is 33.4 Å². The van der Waals surface area contributed by atoms with Crippen molar-refractivity contribution in [3.63, 3.8) is 0 Å². The fourth-order valence-corrected chi connectivity index (χ4v) is 4.02. The van der Waals surface area contributed by atoms with Crippen molar-refractivity contribution in [3.8, 4) is 5.75 Å². The predicted molar refractivity (Wildman–Crippen MR) is 112 cm³/mol. The van der Waals surface area contributed by atoms with Gasteiger partial charge in [-0.3, -0.25) is 9.52 Å². The van der Waals surface area contributed by atoms with E-state index >= 15 is 0 Å². The van der Waals surface area contributed by atoms with E-state index in [2.05, 4.69) is 4.72 Å². The molecule has 0 aliphatic heterocycles. The summed E-state index contributed by atoms with van der Waals surface area (Å²) in [6.45, 7) is 0.0575. The molecule has 3 aromatic rings. The second-order valence-corrected chi connectivity index (χ2v) is 8.27. The normalized spacial score (nSPS) is 11.0. The zero-order valence-electron chi connectivity index (χ0n) is 16.5. The largest absolute Gasteiger partial charge is 0.495 e. The van der Waals surface area contributed by atoms with Crippen LogP contribution in [0.3, 0.4) is 0 Å². The Morgan fingerprint density at radius 2 is 1.73 bits per heavy atom.